The van der Waals surface area contributed by atoms with Crippen molar-refractivity contribution in [2.45, 2.75) is 20.3 Å². The average molecular weight is 221 g/mol. The van der Waals surface area contributed by atoms with Crippen molar-refractivity contribution < 1.29 is 9.18 Å². The molecule has 1 fully saturated rings. The Bertz CT molecular complexity index is 387. The summed E-state index contributed by atoms with van der Waals surface area (Å²) in [5, 5.41) is 0. The summed E-state index contributed by atoms with van der Waals surface area (Å²) >= 11 is 0. The average Bonchev–Trinajstić information content (AvgIpc) is 2.99. The Labute approximate surface area is 95.1 Å². The third-order valence-electron chi connectivity index (χ3n) is 3.15. The molecular weight excluding hydrogens is 205 g/mol. The van der Waals surface area contributed by atoms with E-state index in [4.69, 9.17) is 0 Å². The summed E-state index contributed by atoms with van der Waals surface area (Å²) in [5.74, 6) is 0.570. The van der Waals surface area contributed by atoms with E-state index < -0.39 is 0 Å². The van der Waals surface area contributed by atoms with E-state index in [1.807, 2.05) is 6.92 Å². The second kappa shape index (κ2) is 4.24. The number of hydrogen-bond donors (Lipinski definition) is 0. The Morgan fingerprint density at radius 3 is 2.44 bits per heavy atom. The molecule has 0 aromatic heterocycles. The molecule has 0 spiro atoms. The van der Waals surface area contributed by atoms with Gasteiger partial charge in [0.1, 0.15) is 5.82 Å². The molecule has 0 unspecified atom stereocenters. The third-order valence-corrected chi connectivity index (χ3v) is 3.15. The van der Waals surface area contributed by atoms with Gasteiger partial charge in [-0.3, -0.25) is 4.79 Å². The monoisotopic (exact) mass is 221 g/mol. The zero-order valence-electron chi connectivity index (χ0n) is 9.61. The maximum Gasteiger partial charge on any atom is 0.230 e. The quantitative estimate of drug-likeness (QED) is 0.768. The SMILES string of the molecule is CCN(C(=O)[C@H]1C[C@@H]1C)c1ccc(F)cc1. The van der Waals surface area contributed by atoms with Crippen LogP contribution in [0.15, 0.2) is 24.3 Å². The van der Waals surface area contributed by atoms with E-state index in [2.05, 4.69) is 6.92 Å². The van der Waals surface area contributed by atoms with E-state index >= 15 is 0 Å². The number of anilines is 1. The van der Waals surface area contributed by atoms with Gasteiger partial charge in [0.15, 0.2) is 0 Å². The summed E-state index contributed by atoms with van der Waals surface area (Å²) in [6, 6.07) is 6.09. The number of carbonyl (C=O) groups excluding carboxylic acids is 1. The molecular formula is C13H16FNO. The highest BCUT2D eigenvalue weighted by Gasteiger charge is 2.41. The molecule has 86 valence electrons. The molecule has 1 aromatic carbocycles. The molecule has 1 aliphatic carbocycles. The van der Waals surface area contributed by atoms with Crippen molar-refractivity contribution in [1.82, 2.24) is 0 Å². The molecule has 2 nitrogen and oxygen atoms in total. The van der Waals surface area contributed by atoms with Crippen molar-refractivity contribution in [2.75, 3.05) is 11.4 Å². The van der Waals surface area contributed by atoms with Crippen molar-refractivity contribution >= 4 is 11.6 Å². The second-order valence-corrected chi connectivity index (χ2v) is 4.38. The first-order valence-corrected chi connectivity index (χ1v) is 5.70. The van der Waals surface area contributed by atoms with Crippen LogP contribution in [-0.4, -0.2) is 12.5 Å². The molecule has 3 heteroatoms. The highest BCUT2D eigenvalue weighted by atomic mass is 19.1. The Hall–Kier alpha value is -1.38. The Morgan fingerprint density at radius 2 is 2.00 bits per heavy atom. The van der Waals surface area contributed by atoms with E-state index in [0.29, 0.717) is 12.5 Å². The van der Waals surface area contributed by atoms with Gasteiger partial charge in [0.2, 0.25) is 5.91 Å². The fraction of sp³-hybridized carbons (Fsp3) is 0.462. The van der Waals surface area contributed by atoms with Gasteiger partial charge < -0.3 is 4.90 Å². The predicted octanol–water partition coefficient (Wildman–Crippen LogP) is 2.83. The van der Waals surface area contributed by atoms with E-state index in [0.717, 1.165) is 12.1 Å². The minimum atomic E-state index is -0.271. The summed E-state index contributed by atoms with van der Waals surface area (Å²) in [4.78, 5) is 13.8. The standard InChI is InChI=1S/C13H16FNO/c1-3-15(13(16)12-8-9(12)2)11-6-4-10(14)5-7-11/h4-7,9,12H,3,8H2,1-2H3/t9-,12-/m0/s1. The fourth-order valence-corrected chi connectivity index (χ4v) is 1.95. The fourth-order valence-electron chi connectivity index (χ4n) is 1.95. The lowest BCUT2D eigenvalue weighted by atomic mass is 10.2. The van der Waals surface area contributed by atoms with Crippen LogP contribution in [0.25, 0.3) is 0 Å². The van der Waals surface area contributed by atoms with Crippen molar-refractivity contribution in [1.29, 1.82) is 0 Å². The van der Waals surface area contributed by atoms with Gasteiger partial charge in [0, 0.05) is 18.2 Å². The van der Waals surface area contributed by atoms with Crippen LogP contribution in [0, 0.1) is 17.7 Å². The van der Waals surface area contributed by atoms with Crippen LogP contribution in [0.2, 0.25) is 0 Å². The van der Waals surface area contributed by atoms with Gasteiger partial charge in [-0.2, -0.15) is 0 Å². The Morgan fingerprint density at radius 1 is 1.44 bits per heavy atom. The minimum Gasteiger partial charge on any atom is -0.312 e. The van der Waals surface area contributed by atoms with Gasteiger partial charge in [0.25, 0.3) is 0 Å². The normalized spacial score (nSPS) is 22.9. The summed E-state index contributed by atoms with van der Waals surface area (Å²) in [7, 11) is 0. The number of rotatable bonds is 3. The van der Waals surface area contributed by atoms with Gasteiger partial charge in [-0.15, -0.1) is 0 Å². The molecule has 0 heterocycles. The summed E-state index contributed by atoms with van der Waals surface area (Å²) in [5.41, 5.74) is 0.785. The molecule has 2 rings (SSSR count). The van der Waals surface area contributed by atoms with Gasteiger partial charge in [-0.05, 0) is 43.5 Å². The number of hydrogen-bond acceptors (Lipinski definition) is 1. The van der Waals surface area contributed by atoms with E-state index in [9.17, 15) is 9.18 Å². The lowest BCUT2D eigenvalue weighted by Crippen LogP contribution is -2.32. The first kappa shape index (κ1) is 11.1. The van der Waals surface area contributed by atoms with Crippen molar-refractivity contribution in [2.24, 2.45) is 11.8 Å². The van der Waals surface area contributed by atoms with E-state index in [-0.39, 0.29) is 17.6 Å². The van der Waals surface area contributed by atoms with Crippen LogP contribution in [0.3, 0.4) is 0 Å². The van der Waals surface area contributed by atoms with Crippen LogP contribution >= 0.6 is 0 Å². The molecule has 0 aliphatic heterocycles. The van der Waals surface area contributed by atoms with Crippen LogP contribution in [-0.2, 0) is 4.79 Å². The largest absolute Gasteiger partial charge is 0.312 e. The molecule has 1 aliphatic rings. The van der Waals surface area contributed by atoms with E-state index in [1.165, 1.54) is 12.1 Å². The minimum absolute atomic E-state index is 0.168. The highest BCUT2D eigenvalue weighted by molar-refractivity contribution is 5.96. The molecule has 0 saturated heterocycles. The number of benzene rings is 1. The maximum atomic E-state index is 12.8. The summed E-state index contributed by atoms with van der Waals surface area (Å²) < 4.78 is 12.8. The van der Waals surface area contributed by atoms with Crippen LogP contribution < -0.4 is 4.90 Å². The molecule has 0 N–H and O–H groups in total. The molecule has 2 atom stereocenters. The zero-order valence-corrected chi connectivity index (χ0v) is 9.61. The summed E-state index contributed by atoms with van der Waals surface area (Å²) in [6.07, 6.45) is 0.983. The molecule has 1 aromatic rings. The van der Waals surface area contributed by atoms with E-state index in [1.54, 1.807) is 17.0 Å². The lowest BCUT2D eigenvalue weighted by Gasteiger charge is -2.21. The number of halogens is 1. The highest BCUT2D eigenvalue weighted by Crippen LogP contribution is 2.39. The predicted molar refractivity (Wildman–Crippen MR) is 61.7 cm³/mol. The van der Waals surface area contributed by atoms with Gasteiger partial charge in [-0.1, -0.05) is 6.92 Å². The van der Waals surface area contributed by atoms with Gasteiger partial charge in [0.05, 0.1) is 0 Å². The maximum absolute atomic E-state index is 12.8. The first-order valence-electron chi connectivity index (χ1n) is 5.70. The molecule has 0 radical (unpaired) electrons. The van der Waals surface area contributed by atoms with Crippen LogP contribution in [0.5, 0.6) is 0 Å². The second-order valence-electron chi connectivity index (χ2n) is 4.38. The Balaban J connectivity index is 2.15. The van der Waals surface area contributed by atoms with Crippen molar-refractivity contribution in [3.63, 3.8) is 0 Å². The molecule has 0 bridgehead atoms. The molecule has 1 saturated carbocycles. The number of nitrogens with zero attached hydrogens (tertiary/aromatic N) is 1. The van der Waals surface area contributed by atoms with Gasteiger partial charge >= 0.3 is 0 Å². The molecule has 1 amide bonds. The number of amides is 1. The van der Waals surface area contributed by atoms with Gasteiger partial charge in [-0.25, -0.2) is 4.39 Å². The van der Waals surface area contributed by atoms with Crippen LogP contribution in [0.1, 0.15) is 20.3 Å². The number of carbonyl (C=O) groups is 1. The van der Waals surface area contributed by atoms with Crippen LogP contribution in [0.4, 0.5) is 10.1 Å². The van der Waals surface area contributed by atoms with Crippen molar-refractivity contribution in [3.8, 4) is 0 Å². The molecule has 16 heavy (non-hydrogen) atoms. The smallest absolute Gasteiger partial charge is 0.230 e. The zero-order chi connectivity index (χ0) is 11.7. The Kier molecular flexibility index (Phi) is 2.95. The summed E-state index contributed by atoms with van der Waals surface area (Å²) in [6.45, 7) is 4.66. The topological polar surface area (TPSA) is 20.3 Å². The first-order chi connectivity index (χ1) is 7.63. The third kappa shape index (κ3) is 2.08. The van der Waals surface area contributed by atoms with Crippen molar-refractivity contribution in [3.05, 3.63) is 30.1 Å². The lowest BCUT2D eigenvalue weighted by molar-refractivity contribution is -0.120.